The van der Waals surface area contributed by atoms with Crippen LogP contribution in [0.1, 0.15) is 56.8 Å². The molecule has 3 unspecified atom stereocenters. The van der Waals surface area contributed by atoms with Gasteiger partial charge in [-0.1, -0.05) is 13.8 Å². The Bertz CT molecular complexity index is 858. The predicted molar refractivity (Wildman–Crippen MR) is 113 cm³/mol. The minimum absolute atomic E-state index is 0.195. The van der Waals surface area contributed by atoms with Gasteiger partial charge in [-0.25, -0.2) is 13.2 Å². The molecule has 2 aliphatic heterocycles. The van der Waals surface area contributed by atoms with Gasteiger partial charge < -0.3 is 9.64 Å². The summed E-state index contributed by atoms with van der Waals surface area (Å²) in [6, 6.07) is 5.50. The SMILES string of the molecule is CCOC(=O)C1CCCCN1C(=O)c1ccc(S(=O)(=O)N2CC(C)CC(C)C2)cc1. The molecule has 2 aliphatic rings. The molecule has 166 valence electrons. The Hall–Kier alpha value is -1.93. The Morgan fingerprint density at radius 2 is 1.70 bits per heavy atom. The number of esters is 1. The molecule has 2 fully saturated rings. The summed E-state index contributed by atoms with van der Waals surface area (Å²) in [7, 11) is -3.59. The van der Waals surface area contributed by atoms with Gasteiger partial charge in [0.2, 0.25) is 10.0 Å². The first-order valence-corrected chi connectivity index (χ1v) is 12.3. The Morgan fingerprint density at radius 3 is 2.30 bits per heavy atom. The normalized spacial score (nSPS) is 25.7. The van der Waals surface area contributed by atoms with Crippen LogP contribution in [0.5, 0.6) is 0 Å². The number of piperidine rings is 2. The standard InChI is InChI=1S/C22H32N2O5S/c1-4-29-22(26)20-7-5-6-12-24(20)21(25)18-8-10-19(11-9-18)30(27,28)23-14-16(2)13-17(3)15-23/h8-11,16-17,20H,4-7,12-15H2,1-3H3. The van der Waals surface area contributed by atoms with E-state index >= 15 is 0 Å². The van der Waals surface area contributed by atoms with Crippen LogP contribution in [-0.4, -0.2) is 61.8 Å². The maximum Gasteiger partial charge on any atom is 0.328 e. The minimum Gasteiger partial charge on any atom is -0.464 e. The molecule has 8 heteroatoms. The first kappa shape index (κ1) is 22.7. The topological polar surface area (TPSA) is 84.0 Å². The second-order valence-electron chi connectivity index (χ2n) is 8.55. The highest BCUT2D eigenvalue weighted by molar-refractivity contribution is 7.89. The van der Waals surface area contributed by atoms with E-state index in [9.17, 15) is 18.0 Å². The van der Waals surface area contributed by atoms with Gasteiger partial charge in [0.1, 0.15) is 6.04 Å². The number of carbonyl (C=O) groups is 2. The van der Waals surface area contributed by atoms with E-state index in [0.717, 1.165) is 19.3 Å². The Kier molecular flexibility index (Phi) is 7.18. The summed E-state index contributed by atoms with van der Waals surface area (Å²) in [4.78, 5) is 27.0. The van der Waals surface area contributed by atoms with Crippen LogP contribution < -0.4 is 0 Å². The van der Waals surface area contributed by atoms with Crippen molar-refractivity contribution in [1.82, 2.24) is 9.21 Å². The number of ether oxygens (including phenoxy) is 1. The van der Waals surface area contributed by atoms with E-state index in [2.05, 4.69) is 13.8 Å². The highest BCUT2D eigenvalue weighted by atomic mass is 32.2. The largest absolute Gasteiger partial charge is 0.464 e. The summed E-state index contributed by atoms with van der Waals surface area (Å²) >= 11 is 0. The molecule has 30 heavy (non-hydrogen) atoms. The fraction of sp³-hybridized carbons (Fsp3) is 0.636. The molecule has 3 atom stereocenters. The molecule has 1 aromatic rings. The van der Waals surface area contributed by atoms with E-state index in [1.165, 1.54) is 12.1 Å². The van der Waals surface area contributed by atoms with Crippen molar-refractivity contribution in [2.45, 2.75) is 57.4 Å². The quantitative estimate of drug-likeness (QED) is 0.663. The van der Waals surface area contributed by atoms with E-state index in [1.807, 2.05) is 0 Å². The Morgan fingerprint density at radius 1 is 1.07 bits per heavy atom. The molecule has 0 saturated carbocycles. The number of benzene rings is 1. The lowest BCUT2D eigenvalue weighted by Crippen LogP contribution is -2.48. The highest BCUT2D eigenvalue weighted by Crippen LogP contribution is 2.27. The highest BCUT2D eigenvalue weighted by Gasteiger charge is 2.34. The second-order valence-corrected chi connectivity index (χ2v) is 10.5. The third kappa shape index (κ3) is 4.86. The monoisotopic (exact) mass is 436 g/mol. The van der Waals surface area contributed by atoms with Gasteiger partial charge in [-0.2, -0.15) is 4.31 Å². The zero-order valence-corrected chi connectivity index (χ0v) is 18.9. The van der Waals surface area contributed by atoms with Crippen molar-refractivity contribution in [3.63, 3.8) is 0 Å². The first-order chi connectivity index (χ1) is 14.2. The Balaban J connectivity index is 1.77. The average Bonchev–Trinajstić information content (AvgIpc) is 2.73. The third-order valence-corrected chi connectivity index (χ3v) is 7.74. The fourth-order valence-corrected chi connectivity index (χ4v) is 6.22. The number of likely N-dealkylation sites (tertiary alicyclic amines) is 1. The third-order valence-electron chi connectivity index (χ3n) is 5.90. The van der Waals surface area contributed by atoms with Gasteiger partial charge in [-0.3, -0.25) is 4.79 Å². The number of carbonyl (C=O) groups excluding carboxylic acids is 2. The molecule has 0 radical (unpaired) electrons. The fourth-order valence-electron chi connectivity index (χ4n) is 4.54. The summed E-state index contributed by atoms with van der Waals surface area (Å²) in [5.41, 5.74) is 0.380. The molecule has 2 heterocycles. The molecule has 2 saturated heterocycles. The molecular weight excluding hydrogens is 404 g/mol. The van der Waals surface area contributed by atoms with Crippen LogP contribution in [0.2, 0.25) is 0 Å². The van der Waals surface area contributed by atoms with Crippen molar-refractivity contribution in [1.29, 1.82) is 0 Å². The lowest BCUT2D eigenvalue weighted by atomic mass is 9.94. The number of amides is 1. The zero-order chi connectivity index (χ0) is 21.9. The van der Waals surface area contributed by atoms with Crippen LogP contribution in [0.25, 0.3) is 0 Å². The molecule has 7 nitrogen and oxygen atoms in total. The van der Waals surface area contributed by atoms with Crippen LogP contribution in [-0.2, 0) is 19.6 Å². The number of hydrogen-bond donors (Lipinski definition) is 0. The molecule has 0 aromatic heterocycles. The number of nitrogens with zero attached hydrogens (tertiary/aromatic N) is 2. The summed E-state index contributed by atoms with van der Waals surface area (Å²) in [6.07, 6.45) is 3.32. The van der Waals surface area contributed by atoms with Crippen LogP contribution >= 0.6 is 0 Å². The van der Waals surface area contributed by atoms with Gasteiger partial charge in [0.05, 0.1) is 11.5 Å². The molecule has 0 N–H and O–H groups in total. The number of sulfonamides is 1. The van der Waals surface area contributed by atoms with Crippen molar-refractivity contribution >= 4 is 21.9 Å². The summed E-state index contributed by atoms with van der Waals surface area (Å²) in [6.45, 7) is 7.68. The minimum atomic E-state index is -3.59. The molecule has 0 bridgehead atoms. The zero-order valence-electron chi connectivity index (χ0n) is 18.0. The van der Waals surface area contributed by atoms with Crippen LogP contribution in [0.3, 0.4) is 0 Å². The van der Waals surface area contributed by atoms with Crippen LogP contribution in [0.4, 0.5) is 0 Å². The molecular formula is C22H32N2O5S. The molecule has 3 rings (SSSR count). The van der Waals surface area contributed by atoms with Gasteiger partial charge >= 0.3 is 5.97 Å². The molecule has 0 spiro atoms. The number of rotatable bonds is 5. The summed E-state index contributed by atoms with van der Waals surface area (Å²) in [5, 5.41) is 0. The van der Waals surface area contributed by atoms with E-state index in [-0.39, 0.29) is 23.4 Å². The molecule has 0 aliphatic carbocycles. The summed E-state index contributed by atoms with van der Waals surface area (Å²) < 4.78 is 32.8. The maximum atomic E-state index is 13.0. The lowest BCUT2D eigenvalue weighted by molar-refractivity contribution is -0.149. The summed E-state index contributed by atoms with van der Waals surface area (Å²) in [5.74, 6) is 0.00146. The van der Waals surface area contributed by atoms with Crippen LogP contribution in [0, 0.1) is 11.8 Å². The van der Waals surface area contributed by atoms with E-state index in [0.29, 0.717) is 43.5 Å². The van der Waals surface area contributed by atoms with Gasteiger partial charge in [0.25, 0.3) is 5.91 Å². The first-order valence-electron chi connectivity index (χ1n) is 10.8. The Labute approximate surface area is 179 Å². The number of hydrogen-bond acceptors (Lipinski definition) is 5. The van der Waals surface area contributed by atoms with Crippen molar-refractivity contribution in [2.75, 3.05) is 26.2 Å². The van der Waals surface area contributed by atoms with E-state index in [1.54, 1.807) is 28.3 Å². The van der Waals surface area contributed by atoms with Crippen molar-refractivity contribution in [2.24, 2.45) is 11.8 Å². The average molecular weight is 437 g/mol. The van der Waals surface area contributed by atoms with Crippen LogP contribution in [0.15, 0.2) is 29.2 Å². The van der Waals surface area contributed by atoms with E-state index in [4.69, 9.17) is 4.74 Å². The van der Waals surface area contributed by atoms with Gasteiger partial charge in [0.15, 0.2) is 0 Å². The van der Waals surface area contributed by atoms with E-state index < -0.39 is 16.1 Å². The van der Waals surface area contributed by atoms with Gasteiger partial charge in [-0.05, 0) is 68.7 Å². The lowest BCUT2D eigenvalue weighted by Gasteiger charge is -2.34. The predicted octanol–water partition coefficient (Wildman–Crippen LogP) is 2.91. The molecule has 1 aromatic carbocycles. The smallest absolute Gasteiger partial charge is 0.328 e. The van der Waals surface area contributed by atoms with Crippen molar-refractivity contribution < 1.29 is 22.7 Å². The second kappa shape index (κ2) is 9.47. The van der Waals surface area contributed by atoms with Gasteiger partial charge in [-0.15, -0.1) is 0 Å². The molecule has 1 amide bonds. The van der Waals surface area contributed by atoms with Crippen molar-refractivity contribution in [3.05, 3.63) is 29.8 Å². The van der Waals surface area contributed by atoms with Crippen molar-refractivity contribution in [3.8, 4) is 0 Å². The maximum absolute atomic E-state index is 13.0. The van der Waals surface area contributed by atoms with Gasteiger partial charge in [0, 0.05) is 25.2 Å².